The topological polar surface area (TPSA) is 47.9 Å². The van der Waals surface area contributed by atoms with E-state index in [0.717, 1.165) is 24.3 Å². The highest BCUT2D eigenvalue weighted by Crippen LogP contribution is 2.41. The summed E-state index contributed by atoms with van der Waals surface area (Å²) in [6.07, 6.45) is 4.00. The van der Waals surface area contributed by atoms with E-state index < -0.39 is 6.10 Å². The zero-order valence-electron chi connectivity index (χ0n) is 11.8. The van der Waals surface area contributed by atoms with Gasteiger partial charge in [-0.15, -0.1) is 0 Å². The molecule has 19 heavy (non-hydrogen) atoms. The molecule has 0 aliphatic heterocycles. The van der Waals surface area contributed by atoms with Gasteiger partial charge >= 0.3 is 0 Å². The summed E-state index contributed by atoms with van der Waals surface area (Å²) < 4.78 is 15.9. The van der Waals surface area contributed by atoms with E-state index >= 15 is 0 Å². The molecule has 0 radical (unpaired) electrons. The van der Waals surface area contributed by atoms with Crippen LogP contribution in [0.4, 0.5) is 0 Å². The number of benzene rings is 1. The molecule has 4 nitrogen and oxygen atoms in total. The summed E-state index contributed by atoms with van der Waals surface area (Å²) in [4.78, 5) is 0. The molecule has 0 spiro atoms. The first kappa shape index (κ1) is 14.0. The fraction of sp³-hybridized carbons (Fsp3) is 0.600. The predicted octanol–water partition coefficient (Wildman–Crippen LogP) is 2.94. The van der Waals surface area contributed by atoms with Crippen molar-refractivity contribution in [1.82, 2.24) is 0 Å². The Morgan fingerprint density at radius 3 is 2.11 bits per heavy atom. The molecule has 0 saturated heterocycles. The number of rotatable bonds is 7. The lowest BCUT2D eigenvalue weighted by Crippen LogP contribution is -2.02. The highest BCUT2D eigenvalue weighted by molar-refractivity contribution is 5.54. The van der Waals surface area contributed by atoms with Gasteiger partial charge in [0.05, 0.1) is 27.4 Å². The van der Waals surface area contributed by atoms with Crippen LogP contribution in [0.3, 0.4) is 0 Å². The van der Waals surface area contributed by atoms with Crippen molar-refractivity contribution < 1.29 is 19.3 Å². The lowest BCUT2D eigenvalue weighted by atomic mass is 10.0. The molecule has 4 heteroatoms. The van der Waals surface area contributed by atoms with E-state index in [2.05, 4.69) is 0 Å². The second-order valence-corrected chi connectivity index (χ2v) is 5.00. The molecule has 0 heterocycles. The number of aliphatic hydroxyl groups excluding tert-OH is 1. The Hall–Kier alpha value is -1.42. The van der Waals surface area contributed by atoms with Crippen LogP contribution in [-0.2, 0) is 0 Å². The van der Waals surface area contributed by atoms with Gasteiger partial charge in [0.25, 0.3) is 0 Å². The fourth-order valence-corrected chi connectivity index (χ4v) is 2.26. The van der Waals surface area contributed by atoms with Gasteiger partial charge in [0.1, 0.15) is 0 Å². The summed E-state index contributed by atoms with van der Waals surface area (Å²) in [6.45, 7) is 0. The van der Waals surface area contributed by atoms with E-state index in [1.807, 2.05) is 12.1 Å². The van der Waals surface area contributed by atoms with Crippen LogP contribution in [0.15, 0.2) is 12.1 Å². The van der Waals surface area contributed by atoms with Crippen LogP contribution < -0.4 is 14.2 Å². The Kier molecular flexibility index (Phi) is 4.53. The summed E-state index contributed by atoms with van der Waals surface area (Å²) >= 11 is 0. The summed E-state index contributed by atoms with van der Waals surface area (Å²) in [5.74, 6) is 2.55. The van der Waals surface area contributed by atoms with Crippen LogP contribution in [0.1, 0.15) is 37.4 Å². The van der Waals surface area contributed by atoms with Crippen molar-refractivity contribution >= 4 is 0 Å². The molecule has 1 atom stereocenters. The average Bonchev–Trinajstić information content (AvgIpc) is 3.27. The molecule has 0 aromatic heterocycles. The van der Waals surface area contributed by atoms with Crippen molar-refractivity contribution in [2.75, 3.05) is 21.3 Å². The minimum absolute atomic E-state index is 0.477. The van der Waals surface area contributed by atoms with Gasteiger partial charge in [0, 0.05) is 0 Å². The van der Waals surface area contributed by atoms with Crippen LogP contribution >= 0.6 is 0 Å². The Bertz CT molecular complexity index is 401. The minimum Gasteiger partial charge on any atom is -0.493 e. The molecule has 1 aliphatic rings. The van der Waals surface area contributed by atoms with Crippen LogP contribution in [0, 0.1) is 5.92 Å². The normalized spacial score (nSPS) is 16.0. The van der Waals surface area contributed by atoms with E-state index in [9.17, 15) is 5.11 Å². The van der Waals surface area contributed by atoms with Crippen molar-refractivity contribution in [2.45, 2.75) is 31.8 Å². The number of hydrogen-bond acceptors (Lipinski definition) is 4. The standard InChI is InChI=1S/C15H22O4/c1-17-13-8-11(9-14(18-2)15(13)19-3)12(16)7-6-10-4-5-10/h8-10,12,16H,4-7H2,1-3H3. The van der Waals surface area contributed by atoms with E-state index in [1.54, 1.807) is 21.3 Å². The molecule has 1 fully saturated rings. The molecule has 1 unspecified atom stereocenters. The molecular formula is C15H22O4. The number of ether oxygens (including phenoxy) is 3. The molecule has 1 aromatic carbocycles. The summed E-state index contributed by atoms with van der Waals surface area (Å²) in [5, 5.41) is 10.2. The lowest BCUT2D eigenvalue weighted by Gasteiger charge is -2.17. The van der Waals surface area contributed by atoms with Crippen LogP contribution in [0.25, 0.3) is 0 Å². The minimum atomic E-state index is -0.477. The first-order valence-corrected chi connectivity index (χ1v) is 6.67. The van der Waals surface area contributed by atoms with Crippen molar-refractivity contribution in [2.24, 2.45) is 5.92 Å². The molecule has 1 aliphatic carbocycles. The molecule has 0 bridgehead atoms. The first-order chi connectivity index (χ1) is 9.19. The Labute approximate surface area is 114 Å². The van der Waals surface area contributed by atoms with Crippen LogP contribution in [-0.4, -0.2) is 26.4 Å². The van der Waals surface area contributed by atoms with Crippen LogP contribution in [0.5, 0.6) is 17.2 Å². The molecular weight excluding hydrogens is 244 g/mol. The molecule has 2 rings (SSSR count). The molecule has 1 N–H and O–H groups in total. The van der Waals surface area contributed by atoms with Gasteiger partial charge in [-0.2, -0.15) is 0 Å². The predicted molar refractivity (Wildman–Crippen MR) is 73.0 cm³/mol. The second kappa shape index (κ2) is 6.15. The van der Waals surface area contributed by atoms with E-state index in [0.29, 0.717) is 17.2 Å². The van der Waals surface area contributed by atoms with E-state index in [1.165, 1.54) is 12.8 Å². The van der Waals surface area contributed by atoms with E-state index in [-0.39, 0.29) is 0 Å². The maximum atomic E-state index is 10.2. The van der Waals surface area contributed by atoms with Crippen molar-refractivity contribution in [3.8, 4) is 17.2 Å². The van der Waals surface area contributed by atoms with Gasteiger partial charge in [-0.25, -0.2) is 0 Å². The number of methoxy groups -OCH3 is 3. The Balaban J connectivity index is 2.18. The zero-order chi connectivity index (χ0) is 13.8. The van der Waals surface area contributed by atoms with Crippen LogP contribution in [0.2, 0.25) is 0 Å². The van der Waals surface area contributed by atoms with Gasteiger partial charge in [0.15, 0.2) is 11.5 Å². The largest absolute Gasteiger partial charge is 0.493 e. The summed E-state index contributed by atoms with van der Waals surface area (Å²) in [5.41, 5.74) is 0.815. The summed E-state index contributed by atoms with van der Waals surface area (Å²) in [7, 11) is 4.73. The smallest absolute Gasteiger partial charge is 0.203 e. The average molecular weight is 266 g/mol. The second-order valence-electron chi connectivity index (χ2n) is 5.00. The SMILES string of the molecule is COc1cc(C(O)CCC2CC2)cc(OC)c1OC. The van der Waals surface area contributed by atoms with Gasteiger partial charge in [-0.3, -0.25) is 0 Å². The summed E-state index contributed by atoms with van der Waals surface area (Å²) in [6, 6.07) is 3.64. The third kappa shape index (κ3) is 3.32. The van der Waals surface area contributed by atoms with Gasteiger partial charge < -0.3 is 19.3 Å². The van der Waals surface area contributed by atoms with E-state index in [4.69, 9.17) is 14.2 Å². The number of hydrogen-bond donors (Lipinski definition) is 1. The third-order valence-corrected chi connectivity index (χ3v) is 3.62. The molecule has 1 saturated carbocycles. The fourth-order valence-electron chi connectivity index (χ4n) is 2.26. The van der Waals surface area contributed by atoms with Gasteiger partial charge in [-0.1, -0.05) is 12.8 Å². The monoisotopic (exact) mass is 266 g/mol. The van der Waals surface area contributed by atoms with Crippen molar-refractivity contribution in [3.63, 3.8) is 0 Å². The third-order valence-electron chi connectivity index (χ3n) is 3.62. The maximum Gasteiger partial charge on any atom is 0.203 e. The highest BCUT2D eigenvalue weighted by atomic mass is 16.5. The molecule has 0 amide bonds. The van der Waals surface area contributed by atoms with Gasteiger partial charge in [0.2, 0.25) is 5.75 Å². The molecule has 106 valence electrons. The maximum absolute atomic E-state index is 10.2. The zero-order valence-corrected chi connectivity index (χ0v) is 11.8. The molecule has 1 aromatic rings. The van der Waals surface area contributed by atoms with Gasteiger partial charge in [-0.05, 0) is 36.5 Å². The van der Waals surface area contributed by atoms with Crippen molar-refractivity contribution in [1.29, 1.82) is 0 Å². The Morgan fingerprint density at radius 1 is 1.11 bits per heavy atom. The highest BCUT2D eigenvalue weighted by Gasteiger charge is 2.23. The lowest BCUT2D eigenvalue weighted by molar-refractivity contribution is 0.161. The number of aliphatic hydroxyl groups is 1. The Morgan fingerprint density at radius 2 is 1.68 bits per heavy atom. The van der Waals surface area contributed by atoms with Crippen molar-refractivity contribution in [3.05, 3.63) is 17.7 Å². The first-order valence-electron chi connectivity index (χ1n) is 6.67. The quantitative estimate of drug-likeness (QED) is 0.824.